The molecule has 1 N–H and O–H groups in total. The molecule has 1 aliphatic rings. The van der Waals surface area contributed by atoms with Crippen molar-refractivity contribution >= 4 is 50.7 Å². The number of anilines is 1. The van der Waals surface area contributed by atoms with Crippen LogP contribution >= 0.6 is 23.2 Å². The number of rotatable bonds is 13. The Morgan fingerprint density at radius 2 is 1.40 bits per heavy atom. The number of sulfonamides is 1. The smallest absolute Gasteiger partial charge is 0.264 e. The van der Waals surface area contributed by atoms with Crippen LogP contribution in [0.15, 0.2) is 108 Å². The number of nitrogens with zero attached hydrogens (tertiary/aromatic N) is 2. The fourth-order valence-corrected chi connectivity index (χ4v) is 7.87. The second-order valence-corrected chi connectivity index (χ2v) is 14.4. The van der Waals surface area contributed by atoms with Gasteiger partial charge in [0.15, 0.2) is 0 Å². The van der Waals surface area contributed by atoms with Crippen LogP contribution in [-0.4, -0.2) is 43.8 Å². The van der Waals surface area contributed by atoms with Gasteiger partial charge in [0.25, 0.3) is 10.0 Å². The summed E-state index contributed by atoms with van der Waals surface area (Å²) in [7, 11) is -4.18. The molecular weight excluding hydrogens is 653 g/mol. The fraction of sp³-hybridized carbons (Fsp3) is 0.297. The number of hydrogen-bond acceptors (Lipinski definition) is 4. The first-order valence-corrected chi connectivity index (χ1v) is 18.1. The molecular formula is C37H39Cl2N3O4S. The van der Waals surface area contributed by atoms with Gasteiger partial charge in [-0.2, -0.15) is 0 Å². The van der Waals surface area contributed by atoms with Gasteiger partial charge in [-0.05, 0) is 66.8 Å². The van der Waals surface area contributed by atoms with Crippen molar-refractivity contribution in [2.24, 2.45) is 0 Å². The molecule has 0 bridgehead atoms. The minimum atomic E-state index is -4.18. The summed E-state index contributed by atoms with van der Waals surface area (Å²) in [6.45, 7) is 1.37. The Morgan fingerprint density at radius 1 is 0.809 bits per heavy atom. The molecule has 4 aromatic carbocycles. The summed E-state index contributed by atoms with van der Waals surface area (Å²) >= 11 is 13.2. The molecule has 1 aliphatic carbocycles. The van der Waals surface area contributed by atoms with Crippen molar-refractivity contribution in [3.63, 3.8) is 0 Å². The zero-order valence-corrected chi connectivity index (χ0v) is 28.6. The van der Waals surface area contributed by atoms with Crippen molar-refractivity contribution in [3.8, 4) is 0 Å². The first kappa shape index (κ1) is 34.5. The minimum absolute atomic E-state index is 0.00802. The Morgan fingerprint density at radius 3 is 2.00 bits per heavy atom. The van der Waals surface area contributed by atoms with Crippen LogP contribution in [0.5, 0.6) is 0 Å². The van der Waals surface area contributed by atoms with Crippen molar-refractivity contribution in [2.75, 3.05) is 10.8 Å². The molecule has 7 nitrogen and oxygen atoms in total. The summed E-state index contributed by atoms with van der Waals surface area (Å²) in [4.78, 5) is 30.3. The van der Waals surface area contributed by atoms with E-state index in [0.29, 0.717) is 21.3 Å². The van der Waals surface area contributed by atoms with Gasteiger partial charge in [0.1, 0.15) is 12.6 Å². The summed E-state index contributed by atoms with van der Waals surface area (Å²) in [5.41, 5.74) is 2.69. The number of nitrogens with one attached hydrogen (secondary N) is 1. The van der Waals surface area contributed by atoms with Gasteiger partial charge < -0.3 is 10.2 Å². The van der Waals surface area contributed by atoms with E-state index in [-0.39, 0.29) is 29.8 Å². The molecule has 0 spiro atoms. The Bertz CT molecular complexity index is 1740. The number of hydrogen-bond donors (Lipinski definition) is 1. The summed E-state index contributed by atoms with van der Waals surface area (Å²) in [6, 6.07) is 28.7. The van der Waals surface area contributed by atoms with Crippen LogP contribution in [0.4, 0.5) is 5.69 Å². The molecule has 0 saturated heterocycles. The van der Waals surface area contributed by atoms with E-state index < -0.39 is 28.5 Å². The highest BCUT2D eigenvalue weighted by Gasteiger charge is 2.36. The summed E-state index contributed by atoms with van der Waals surface area (Å²) in [6.07, 6.45) is 4.76. The number of aryl methyl sites for hydroxylation is 1. The normalized spacial score (nSPS) is 14.0. The predicted octanol–water partition coefficient (Wildman–Crippen LogP) is 7.45. The first-order chi connectivity index (χ1) is 22.7. The number of benzene rings is 4. The third-order valence-corrected chi connectivity index (χ3v) is 11.1. The number of carbonyl (C=O) groups excluding carboxylic acids is 2. The zero-order chi connectivity index (χ0) is 33.4. The topological polar surface area (TPSA) is 86.8 Å². The molecule has 0 unspecified atom stereocenters. The number of halogens is 2. The molecule has 4 aromatic rings. The van der Waals surface area contributed by atoms with E-state index in [4.69, 9.17) is 23.2 Å². The van der Waals surface area contributed by atoms with Crippen molar-refractivity contribution < 1.29 is 18.0 Å². The summed E-state index contributed by atoms with van der Waals surface area (Å²) in [5.74, 6) is -0.871. The maximum atomic E-state index is 14.7. The fourth-order valence-electron chi connectivity index (χ4n) is 5.92. The van der Waals surface area contributed by atoms with E-state index in [1.807, 2.05) is 49.4 Å². The highest BCUT2D eigenvalue weighted by atomic mass is 35.5. The third-order valence-electron chi connectivity index (χ3n) is 8.61. The maximum absolute atomic E-state index is 14.7. The van der Waals surface area contributed by atoms with Gasteiger partial charge in [-0.3, -0.25) is 13.9 Å². The van der Waals surface area contributed by atoms with E-state index in [2.05, 4.69) is 5.32 Å². The second-order valence-electron chi connectivity index (χ2n) is 11.8. The Hall–Kier alpha value is -3.85. The van der Waals surface area contributed by atoms with E-state index in [9.17, 15) is 18.0 Å². The van der Waals surface area contributed by atoms with Gasteiger partial charge in [-0.15, -0.1) is 0 Å². The molecule has 1 atom stereocenters. The number of carbonyl (C=O) groups is 2. The van der Waals surface area contributed by atoms with Crippen LogP contribution < -0.4 is 9.62 Å². The lowest BCUT2D eigenvalue weighted by Gasteiger charge is -2.34. The Kier molecular flexibility index (Phi) is 11.6. The molecule has 0 aromatic heterocycles. The molecule has 1 fully saturated rings. The van der Waals surface area contributed by atoms with Crippen LogP contribution in [0.1, 0.15) is 49.3 Å². The van der Waals surface area contributed by atoms with Crippen LogP contribution in [0.3, 0.4) is 0 Å². The van der Waals surface area contributed by atoms with Gasteiger partial charge in [0, 0.05) is 34.6 Å². The highest BCUT2D eigenvalue weighted by molar-refractivity contribution is 7.92. The SMILES string of the molecule is CCc1ccc(N(CC(=O)N(Cc2c(Cl)cccc2Cl)[C@H](Cc2ccccc2)C(=O)NC2CCCC2)S(=O)(=O)c2ccccc2)cc1. The van der Waals surface area contributed by atoms with Crippen LogP contribution in [0.2, 0.25) is 10.0 Å². The molecule has 0 radical (unpaired) electrons. The Labute approximate surface area is 287 Å². The second kappa shape index (κ2) is 15.8. The lowest BCUT2D eigenvalue weighted by atomic mass is 10.0. The molecule has 1 saturated carbocycles. The molecule has 2 amide bonds. The number of amides is 2. The van der Waals surface area contributed by atoms with Crippen LogP contribution in [-0.2, 0) is 39.0 Å². The molecule has 10 heteroatoms. The lowest BCUT2D eigenvalue weighted by Crippen LogP contribution is -2.54. The van der Waals surface area contributed by atoms with Crippen molar-refractivity contribution in [1.82, 2.24) is 10.2 Å². The maximum Gasteiger partial charge on any atom is 0.264 e. The van der Waals surface area contributed by atoms with Gasteiger partial charge in [-0.25, -0.2) is 8.42 Å². The Balaban J connectivity index is 1.59. The van der Waals surface area contributed by atoms with E-state index in [0.717, 1.165) is 47.5 Å². The lowest BCUT2D eigenvalue weighted by molar-refractivity contribution is -0.140. The third kappa shape index (κ3) is 8.55. The predicted molar refractivity (Wildman–Crippen MR) is 188 cm³/mol. The average Bonchev–Trinajstić information content (AvgIpc) is 3.60. The van der Waals surface area contributed by atoms with Gasteiger partial charge >= 0.3 is 0 Å². The summed E-state index contributed by atoms with van der Waals surface area (Å²) < 4.78 is 29.5. The van der Waals surface area contributed by atoms with Gasteiger partial charge in [0.2, 0.25) is 11.8 Å². The van der Waals surface area contributed by atoms with Crippen LogP contribution in [0.25, 0.3) is 0 Å². The molecule has 0 heterocycles. The standard InChI is InChI=1S/C37H39Cl2N3O4S/c1-2-27-20-22-30(23-21-27)42(47(45,46)31-16-7-4-8-17-31)26-36(43)41(25-32-33(38)18-11-19-34(32)39)35(24-28-12-5-3-6-13-28)37(44)40-29-14-9-10-15-29/h3-8,11-13,16-23,29,35H,2,9-10,14-15,24-26H2,1H3,(H,40,44)/t35-/m1/s1. The average molecular weight is 693 g/mol. The largest absolute Gasteiger partial charge is 0.352 e. The quantitative estimate of drug-likeness (QED) is 0.158. The minimum Gasteiger partial charge on any atom is -0.352 e. The van der Waals surface area contributed by atoms with E-state index in [1.54, 1.807) is 48.5 Å². The first-order valence-electron chi connectivity index (χ1n) is 15.9. The van der Waals surface area contributed by atoms with Crippen molar-refractivity contribution in [1.29, 1.82) is 0 Å². The van der Waals surface area contributed by atoms with E-state index >= 15 is 0 Å². The van der Waals surface area contributed by atoms with E-state index in [1.165, 1.54) is 17.0 Å². The highest BCUT2D eigenvalue weighted by Crippen LogP contribution is 2.29. The van der Waals surface area contributed by atoms with Crippen molar-refractivity contribution in [3.05, 3.63) is 130 Å². The monoisotopic (exact) mass is 691 g/mol. The summed E-state index contributed by atoms with van der Waals surface area (Å²) in [5, 5.41) is 3.86. The van der Waals surface area contributed by atoms with Gasteiger partial charge in [0.05, 0.1) is 10.6 Å². The zero-order valence-electron chi connectivity index (χ0n) is 26.3. The van der Waals surface area contributed by atoms with Crippen molar-refractivity contribution in [2.45, 2.75) is 69.0 Å². The molecule has 0 aliphatic heterocycles. The molecule has 246 valence electrons. The van der Waals surface area contributed by atoms with Gasteiger partial charge in [-0.1, -0.05) is 110 Å². The van der Waals surface area contributed by atoms with Crippen LogP contribution in [0, 0.1) is 0 Å². The molecule has 47 heavy (non-hydrogen) atoms. The molecule has 5 rings (SSSR count).